The molecule has 0 aliphatic carbocycles. The summed E-state index contributed by atoms with van der Waals surface area (Å²) in [5.41, 5.74) is 0.658. The zero-order valence-electron chi connectivity index (χ0n) is 10.4. The van der Waals surface area contributed by atoms with Crippen molar-refractivity contribution in [1.82, 2.24) is 4.98 Å². The van der Waals surface area contributed by atoms with Gasteiger partial charge < -0.3 is 9.73 Å². The minimum atomic E-state index is -0.576. The molecule has 7 heteroatoms. The van der Waals surface area contributed by atoms with E-state index in [9.17, 15) is 14.5 Å². The number of oxazole rings is 1. The van der Waals surface area contributed by atoms with Crippen molar-refractivity contribution in [1.29, 1.82) is 0 Å². The average Bonchev–Trinajstić information content (AvgIpc) is 2.66. The Morgan fingerprint density at radius 1 is 1.47 bits per heavy atom. The molecule has 6 nitrogen and oxygen atoms in total. The maximum atomic E-state index is 13.1. The summed E-state index contributed by atoms with van der Waals surface area (Å²) in [5, 5.41) is 13.6. The van der Waals surface area contributed by atoms with Gasteiger partial charge in [0.2, 0.25) is 5.89 Å². The number of aryl methyl sites for hydroxylation is 2. The first-order valence-electron chi connectivity index (χ1n) is 5.58. The summed E-state index contributed by atoms with van der Waals surface area (Å²) in [6.45, 7) is 3.72. The molecule has 0 aliphatic heterocycles. The first-order valence-corrected chi connectivity index (χ1v) is 5.58. The van der Waals surface area contributed by atoms with Gasteiger partial charge in [-0.2, -0.15) is 0 Å². The van der Waals surface area contributed by atoms with E-state index in [0.29, 0.717) is 11.7 Å². The van der Waals surface area contributed by atoms with E-state index in [1.165, 1.54) is 0 Å². The van der Waals surface area contributed by atoms with Crippen molar-refractivity contribution >= 4 is 11.4 Å². The summed E-state index contributed by atoms with van der Waals surface area (Å²) in [4.78, 5) is 14.4. The van der Waals surface area contributed by atoms with Crippen molar-refractivity contribution < 1.29 is 13.7 Å². The van der Waals surface area contributed by atoms with Crippen LogP contribution in [0.5, 0.6) is 0 Å². The molecule has 2 aromatic rings. The molecule has 1 N–H and O–H groups in total. The molecular weight excluding hydrogens is 253 g/mol. The van der Waals surface area contributed by atoms with Crippen LogP contribution in [0.1, 0.15) is 17.3 Å². The molecule has 0 bridgehead atoms. The number of halogens is 1. The van der Waals surface area contributed by atoms with Crippen LogP contribution in [0.4, 0.5) is 15.8 Å². The van der Waals surface area contributed by atoms with E-state index in [-0.39, 0.29) is 17.9 Å². The first kappa shape index (κ1) is 13.0. The summed E-state index contributed by atoms with van der Waals surface area (Å²) >= 11 is 0. The third kappa shape index (κ3) is 2.87. The normalized spacial score (nSPS) is 10.5. The fraction of sp³-hybridized carbons (Fsp3) is 0.250. The van der Waals surface area contributed by atoms with Gasteiger partial charge in [-0.05, 0) is 19.9 Å². The smallest absolute Gasteiger partial charge is 0.292 e. The first-order chi connectivity index (χ1) is 8.97. The zero-order chi connectivity index (χ0) is 14.0. The highest BCUT2D eigenvalue weighted by Crippen LogP contribution is 2.25. The standard InChI is InChI=1S/C12H12FN3O3/c1-7-8(2)19-12(15-7)6-14-10-5-9(13)3-4-11(10)16(17)18/h3-5,14H,6H2,1-2H3. The maximum Gasteiger partial charge on any atom is 0.292 e. The van der Waals surface area contributed by atoms with Crippen molar-refractivity contribution in [2.45, 2.75) is 20.4 Å². The molecule has 0 amide bonds. The monoisotopic (exact) mass is 265 g/mol. The van der Waals surface area contributed by atoms with Gasteiger partial charge in [-0.25, -0.2) is 9.37 Å². The SMILES string of the molecule is Cc1nc(CNc2cc(F)ccc2[N+](=O)[O-])oc1C. The number of hydrogen-bond acceptors (Lipinski definition) is 5. The number of benzene rings is 1. The van der Waals surface area contributed by atoms with Gasteiger partial charge in [0.15, 0.2) is 0 Å². The van der Waals surface area contributed by atoms with Crippen molar-refractivity contribution in [2.75, 3.05) is 5.32 Å². The van der Waals surface area contributed by atoms with E-state index in [0.717, 1.165) is 23.9 Å². The highest BCUT2D eigenvalue weighted by Gasteiger charge is 2.15. The quantitative estimate of drug-likeness (QED) is 0.679. The lowest BCUT2D eigenvalue weighted by Gasteiger charge is -2.04. The topological polar surface area (TPSA) is 81.2 Å². The van der Waals surface area contributed by atoms with Crippen LogP contribution in [0.15, 0.2) is 22.6 Å². The predicted molar refractivity (Wildman–Crippen MR) is 66.4 cm³/mol. The summed E-state index contributed by atoms with van der Waals surface area (Å²) in [7, 11) is 0. The Labute approximate surface area is 108 Å². The van der Waals surface area contributed by atoms with Crippen LogP contribution in [0.2, 0.25) is 0 Å². The number of hydrogen-bond donors (Lipinski definition) is 1. The number of nitro groups is 1. The van der Waals surface area contributed by atoms with E-state index >= 15 is 0 Å². The lowest BCUT2D eigenvalue weighted by atomic mass is 10.2. The number of anilines is 1. The van der Waals surface area contributed by atoms with Crippen LogP contribution >= 0.6 is 0 Å². The van der Waals surface area contributed by atoms with E-state index in [2.05, 4.69) is 10.3 Å². The van der Waals surface area contributed by atoms with E-state index in [1.54, 1.807) is 13.8 Å². The Morgan fingerprint density at radius 2 is 2.21 bits per heavy atom. The van der Waals surface area contributed by atoms with E-state index in [1.807, 2.05) is 0 Å². The van der Waals surface area contributed by atoms with E-state index in [4.69, 9.17) is 4.42 Å². The molecule has 1 aromatic carbocycles. The molecule has 1 heterocycles. The van der Waals surface area contributed by atoms with Crippen LogP contribution in [0, 0.1) is 29.8 Å². The van der Waals surface area contributed by atoms with Crippen molar-refractivity contribution in [3.05, 3.63) is 51.5 Å². The average molecular weight is 265 g/mol. The highest BCUT2D eigenvalue weighted by atomic mass is 19.1. The van der Waals surface area contributed by atoms with Crippen LogP contribution in [-0.4, -0.2) is 9.91 Å². The molecule has 0 saturated heterocycles. The number of nitrogens with zero attached hydrogens (tertiary/aromatic N) is 2. The Hall–Kier alpha value is -2.44. The van der Waals surface area contributed by atoms with Gasteiger partial charge in [0.05, 0.1) is 17.2 Å². The number of rotatable bonds is 4. The van der Waals surface area contributed by atoms with Crippen molar-refractivity contribution in [3.63, 3.8) is 0 Å². The molecule has 2 rings (SSSR count). The van der Waals surface area contributed by atoms with Crippen molar-refractivity contribution in [2.24, 2.45) is 0 Å². The molecule has 1 aromatic heterocycles. The fourth-order valence-corrected chi connectivity index (χ4v) is 1.59. The number of nitrogens with one attached hydrogen (secondary N) is 1. The second-order valence-corrected chi connectivity index (χ2v) is 4.02. The Balaban J connectivity index is 2.19. The minimum absolute atomic E-state index is 0.0958. The lowest BCUT2D eigenvalue weighted by Crippen LogP contribution is -2.03. The second-order valence-electron chi connectivity index (χ2n) is 4.02. The van der Waals surface area contributed by atoms with Gasteiger partial charge in [0, 0.05) is 12.1 Å². The lowest BCUT2D eigenvalue weighted by molar-refractivity contribution is -0.384. The Bertz CT molecular complexity index is 605. The molecule has 0 aliphatic rings. The van der Waals surface area contributed by atoms with Crippen molar-refractivity contribution in [3.8, 4) is 0 Å². The predicted octanol–water partition coefficient (Wildman–Crippen LogP) is 2.95. The van der Waals surface area contributed by atoms with Crippen LogP contribution in [-0.2, 0) is 6.54 Å². The maximum absolute atomic E-state index is 13.1. The summed E-state index contributed by atoms with van der Waals surface area (Å²) in [6.07, 6.45) is 0. The molecule has 0 radical (unpaired) electrons. The second kappa shape index (κ2) is 5.05. The summed E-state index contributed by atoms with van der Waals surface area (Å²) in [5.74, 6) is 0.534. The van der Waals surface area contributed by atoms with Crippen LogP contribution < -0.4 is 5.32 Å². The third-order valence-corrected chi connectivity index (χ3v) is 2.66. The minimum Gasteiger partial charge on any atom is -0.444 e. The number of aromatic nitrogens is 1. The molecule has 0 fully saturated rings. The summed E-state index contributed by atoms with van der Waals surface area (Å²) < 4.78 is 18.4. The van der Waals surface area contributed by atoms with E-state index < -0.39 is 10.7 Å². The van der Waals surface area contributed by atoms with Gasteiger partial charge in [-0.3, -0.25) is 10.1 Å². The molecule has 19 heavy (non-hydrogen) atoms. The van der Waals surface area contributed by atoms with Gasteiger partial charge >= 0.3 is 0 Å². The highest BCUT2D eigenvalue weighted by molar-refractivity contribution is 5.61. The molecule has 100 valence electrons. The largest absolute Gasteiger partial charge is 0.444 e. The molecule has 0 spiro atoms. The van der Waals surface area contributed by atoms with Gasteiger partial charge in [-0.1, -0.05) is 0 Å². The molecule has 0 saturated carbocycles. The van der Waals surface area contributed by atoms with Gasteiger partial charge in [0.1, 0.15) is 17.3 Å². The van der Waals surface area contributed by atoms with Crippen LogP contribution in [0.25, 0.3) is 0 Å². The number of nitro benzene ring substituents is 1. The Morgan fingerprint density at radius 3 is 2.79 bits per heavy atom. The van der Waals surface area contributed by atoms with Gasteiger partial charge in [0.25, 0.3) is 5.69 Å². The third-order valence-electron chi connectivity index (χ3n) is 2.66. The van der Waals surface area contributed by atoms with Crippen LogP contribution in [0.3, 0.4) is 0 Å². The Kier molecular flexibility index (Phi) is 3.46. The molecular formula is C12H12FN3O3. The molecule has 0 unspecified atom stereocenters. The van der Waals surface area contributed by atoms with Gasteiger partial charge in [-0.15, -0.1) is 0 Å². The molecule has 0 atom stereocenters. The summed E-state index contributed by atoms with van der Waals surface area (Å²) in [6, 6.07) is 3.23. The zero-order valence-corrected chi connectivity index (χ0v) is 10.4. The fourth-order valence-electron chi connectivity index (χ4n) is 1.59.